The zero-order valence-electron chi connectivity index (χ0n) is 16.0. The molecule has 4 nitrogen and oxygen atoms in total. The molecule has 0 fully saturated rings. The van der Waals surface area contributed by atoms with E-state index >= 15 is 0 Å². The summed E-state index contributed by atoms with van der Waals surface area (Å²) in [5, 5.41) is 3.84. The number of rotatable bonds is 11. The summed E-state index contributed by atoms with van der Waals surface area (Å²) in [4.78, 5) is 3.72. The summed E-state index contributed by atoms with van der Waals surface area (Å²) in [6.45, 7) is 6.23. The van der Waals surface area contributed by atoms with E-state index < -0.39 is 10.0 Å². The van der Waals surface area contributed by atoms with Crippen molar-refractivity contribution in [3.05, 3.63) is 46.3 Å². The molecule has 0 aliphatic carbocycles. The SMILES string of the molecule is CCCCC/C=C(/C=N/[N-]S(=O)(=O)c1ccc(C)cc1)CCCC.[Na+]. The van der Waals surface area contributed by atoms with Gasteiger partial charge in [0.1, 0.15) is 10.0 Å². The molecule has 6 heteroatoms. The van der Waals surface area contributed by atoms with Crippen LogP contribution < -0.4 is 29.6 Å². The summed E-state index contributed by atoms with van der Waals surface area (Å²) in [7, 11) is -3.72. The number of nitrogens with zero attached hydrogens (tertiary/aromatic N) is 2. The maximum Gasteiger partial charge on any atom is 1.00 e. The second-order valence-electron chi connectivity index (χ2n) is 5.99. The van der Waals surface area contributed by atoms with E-state index in [4.69, 9.17) is 0 Å². The third-order valence-electron chi connectivity index (χ3n) is 3.73. The number of allylic oxidation sites excluding steroid dienone is 2. The molecule has 0 N–H and O–H groups in total. The van der Waals surface area contributed by atoms with Crippen molar-refractivity contribution in [3.8, 4) is 0 Å². The molecular weight excluding hydrogens is 343 g/mol. The Labute approximate surface area is 175 Å². The summed E-state index contributed by atoms with van der Waals surface area (Å²) in [6, 6.07) is 6.63. The number of unbranched alkanes of at least 4 members (excludes halogenated alkanes) is 4. The summed E-state index contributed by atoms with van der Waals surface area (Å²) >= 11 is 0. The van der Waals surface area contributed by atoms with Crippen molar-refractivity contribution >= 4 is 16.2 Å². The normalized spacial score (nSPS) is 12.2. The third-order valence-corrected chi connectivity index (χ3v) is 4.91. The van der Waals surface area contributed by atoms with E-state index in [1.54, 1.807) is 30.5 Å². The van der Waals surface area contributed by atoms with Crippen LogP contribution in [0.15, 0.2) is 45.9 Å². The molecule has 0 aliphatic heterocycles. The van der Waals surface area contributed by atoms with Crippen LogP contribution in [0.1, 0.15) is 64.4 Å². The average molecular weight is 373 g/mol. The predicted molar refractivity (Wildman–Crippen MR) is 102 cm³/mol. The Morgan fingerprint density at radius 1 is 1.08 bits per heavy atom. The standard InChI is InChI=1S/C19H29N2O2S.Na/c1-4-6-8-9-11-18(10-7-5-2)16-20-21-24(22,23)19-14-12-17(3)13-15-19;/h11-16H,4-10H2,1-3H3;/q-1;+1/b18-11+,20-16+;. The minimum Gasteiger partial charge on any atom is -0.491 e. The van der Waals surface area contributed by atoms with E-state index in [-0.39, 0.29) is 34.5 Å². The Balaban J connectivity index is 0.00000576. The first kappa shape index (κ1) is 24.4. The second-order valence-corrected chi connectivity index (χ2v) is 7.58. The van der Waals surface area contributed by atoms with Gasteiger partial charge in [-0.3, -0.25) is 0 Å². The molecule has 0 bridgehead atoms. The van der Waals surface area contributed by atoms with Crippen LogP contribution in [0.25, 0.3) is 4.83 Å². The maximum atomic E-state index is 12.1. The van der Waals surface area contributed by atoms with Gasteiger partial charge in [-0.05, 0) is 50.3 Å². The number of hydrogen-bond donors (Lipinski definition) is 0. The monoisotopic (exact) mass is 372 g/mol. The van der Waals surface area contributed by atoms with E-state index in [2.05, 4.69) is 29.9 Å². The second kappa shape index (κ2) is 13.6. The Bertz CT molecular complexity index is 638. The average Bonchev–Trinajstić information content (AvgIpc) is 2.56. The van der Waals surface area contributed by atoms with Gasteiger partial charge in [0.25, 0.3) is 0 Å². The number of benzene rings is 1. The molecule has 0 radical (unpaired) electrons. The van der Waals surface area contributed by atoms with Crippen molar-refractivity contribution < 1.29 is 38.0 Å². The van der Waals surface area contributed by atoms with E-state index in [0.717, 1.165) is 43.2 Å². The fourth-order valence-electron chi connectivity index (χ4n) is 2.20. The number of hydrogen-bond acceptors (Lipinski definition) is 3. The fourth-order valence-corrected chi connectivity index (χ4v) is 2.94. The summed E-state index contributed by atoms with van der Waals surface area (Å²) in [6.07, 6.45) is 11.4. The van der Waals surface area contributed by atoms with Crippen LogP contribution in [-0.4, -0.2) is 14.6 Å². The Hall–Kier alpha value is -0.620. The van der Waals surface area contributed by atoms with Gasteiger partial charge in [-0.1, -0.05) is 56.9 Å². The molecule has 0 heterocycles. The van der Waals surface area contributed by atoms with Gasteiger partial charge in [0, 0.05) is 6.21 Å². The summed E-state index contributed by atoms with van der Waals surface area (Å²) < 4.78 is 24.3. The minimum atomic E-state index is -3.72. The van der Waals surface area contributed by atoms with Crippen LogP contribution >= 0.6 is 0 Å². The first-order valence-corrected chi connectivity index (χ1v) is 10.2. The van der Waals surface area contributed by atoms with Crippen LogP contribution in [0.4, 0.5) is 0 Å². The van der Waals surface area contributed by atoms with Gasteiger partial charge < -0.3 is 9.93 Å². The van der Waals surface area contributed by atoms with Crippen LogP contribution in [-0.2, 0) is 10.0 Å². The molecule has 1 rings (SSSR count). The molecule has 0 saturated carbocycles. The van der Waals surface area contributed by atoms with Crippen molar-refractivity contribution in [1.82, 2.24) is 0 Å². The van der Waals surface area contributed by atoms with Gasteiger partial charge in [0.05, 0.1) is 4.90 Å². The largest absolute Gasteiger partial charge is 1.00 e. The summed E-state index contributed by atoms with van der Waals surface area (Å²) in [5.74, 6) is 0. The molecule has 0 atom stereocenters. The van der Waals surface area contributed by atoms with Crippen LogP contribution in [0, 0.1) is 6.92 Å². The molecule has 1 aromatic rings. The molecule has 0 amide bonds. The zero-order valence-corrected chi connectivity index (χ0v) is 18.8. The predicted octanol–water partition coefficient (Wildman–Crippen LogP) is 2.74. The van der Waals surface area contributed by atoms with Gasteiger partial charge >= 0.3 is 29.6 Å². The Morgan fingerprint density at radius 3 is 2.32 bits per heavy atom. The van der Waals surface area contributed by atoms with Gasteiger partial charge in [0.2, 0.25) is 0 Å². The number of aryl methyl sites for hydroxylation is 1. The van der Waals surface area contributed by atoms with Gasteiger partial charge in [-0.2, -0.15) is 0 Å². The van der Waals surface area contributed by atoms with E-state index in [1.165, 1.54) is 12.8 Å². The molecule has 1 aromatic carbocycles. The van der Waals surface area contributed by atoms with Crippen molar-refractivity contribution in [2.45, 2.75) is 70.6 Å². The molecule has 0 unspecified atom stereocenters. The molecule has 134 valence electrons. The van der Waals surface area contributed by atoms with E-state index in [1.807, 2.05) is 6.92 Å². The topological polar surface area (TPSA) is 60.6 Å². The first-order chi connectivity index (χ1) is 11.5. The van der Waals surface area contributed by atoms with Crippen molar-refractivity contribution in [3.63, 3.8) is 0 Å². The summed E-state index contributed by atoms with van der Waals surface area (Å²) in [5.41, 5.74) is 2.07. The van der Waals surface area contributed by atoms with Gasteiger partial charge in [-0.25, -0.2) is 8.42 Å². The third kappa shape index (κ3) is 10.2. The maximum absolute atomic E-state index is 12.1. The smallest absolute Gasteiger partial charge is 0.491 e. The molecule has 0 aromatic heterocycles. The zero-order chi connectivity index (χ0) is 17.8. The van der Waals surface area contributed by atoms with Crippen LogP contribution in [0.2, 0.25) is 0 Å². The van der Waals surface area contributed by atoms with E-state index in [0.29, 0.717) is 0 Å². The number of sulfonamides is 1. The van der Waals surface area contributed by atoms with Crippen molar-refractivity contribution in [2.75, 3.05) is 0 Å². The van der Waals surface area contributed by atoms with Crippen LogP contribution in [0.3, 0.4) is 0 Å². The van der Waals surface area contributed by atoms with Gasteiger partial charge in [0.15, 0.2) is 0 Å². The molecule has 25 heavy (non-hydrogen) atoms. The van der Waals surface area contributed by atoms with Crippen molar-refractivity contribution in [1.29, 1.82) is 0 Å². The van der Waals surface area contributed by atoms with Gasteiger partial charge in [-0.15, -0.1) is 0 Å². The Kier molecular flexibility index (Phi) is 13.2. The fraction of sp³-hybridized carbons (Fsp3) is 0.526. The Morgan fingerprint density at radius 2 is 1.72 bits per heavy atom. The van der Waals surface area contributed by atoms with Crippen LogP contribution in [0.5, 0.6) is 0 Å². The van der Waals surface area contributed by atoms with Crippen molar-refractivity contribution in [2.24, 2.45) is 5.10 Å². The first-order valence-electron chi connectivity index (χ1n) is 8.75. The van der Waals surface area contributed by atoms with E-state index in [9.17, 15) is 8.42 Å². The molecule has 0 saturated heterocycles. The molecular formula is C19H29N2NaO2S. The minimum absolute atomic E-state index is 0. The molecule has 0 aliphatic rings. The molecule has 0 spiro atoms. The quantitative estimate of drug-likeness (QED) is 0.259.